The van der Waals surface area contributed by atoms with Gasteiger partial charge in [-0.15, -0.1) is 11.3 Å². The maximum Gasteiger partial charge on any atom is 0.358 e. The summed E-state index contributed by atoms with van der Waals surface area (Å²) in [6, 6.07) is 14.2. The topological polar surface area (TPSA) is 92.1 Å². The van der Waals surface area contributed by atoms with Gasteiger partial charge in [-0.3, -0.25) is 4.79 Å². The lowest BCUT2D eigenvalue weighted by atomic mass is 10.2. The van der Waals surface area contributed by atoms with E-state index in [0.717, 1.165) is 0 Å². The smallest absolute Gasteiger partial charge is 0.358 e. The molecule has 0 unspecified atom stereocenters. The molecular weight excluding hydrogens is 369 g/mol. The molecule has 1 amide bonds. The Hall–Kier alpha value is -3.57. The summed E-state index contributed by atoms with van der Waals surface area (Å²) in [5.74, 6) is -1.68. The van der Waals surface area contributed by atoms with Crippen molar-refractivity contribution in [2.24, 2.45) is 0 Å². The number of ether oxygens (including phenoxy) is 1. The monoisotopic (exact) mass is 381 g/mol. The number of halogens is 1. The molecule has 0 radical (unpaired) electrons. The molecule has 8 heteroatoms. The van der Waals surface area contributed by atoms with E-state index in [-0.39, 0.29) is 11.5 Å². The highest BCUT2D eigenvalue weighted by Gasteiger charge is 2.15. The lowest BCUT2D eigenvalue weighted by Gasteiger charge is -2.07. The molecule has 0 fully saturated rings. The zero-order valence-electron chi connectivity index (χ0n) is 13.8. The second-order valence-corrected chi connectivity index (χ2v) is 6.18. The number of nitriles is 1. The molecule has 1 heterocycles. The maximum absolute atomic E-state index is 13.0. The van der Waals surface area contributed by atoms with E-state index in [1.54, 1.807) is 36.4 Å². The molecule has 0 aliphatic rings. The predicted molar refractivity (Wildman–Crippen MR) is 97.6 cm³/mol. The number of hydrogen-bond acceptors (Lipinski definition) is 6. The fraction of sp³-hybridized carbons (Fsp3) is 0.0526. The van der Waals surface area contributed by atoms with E-state index in [0.29, 0.717) is 21.8 Å². The molecule has 3 rings (SSSR count). The van der Waals surface area contributed by atoms with Crippen LogP contribution in [0.4, 0.5) is 10.1 Å². The van der Waals surface area contributed by atoms with Gasteiger partial charge in [-0.25, -0.2) is 14.2 Å². The summed E-state index contributed by atoms with van der Waals surface area (Å²) in [5, 5.41) is 13.5. The number of carbonyl (C=O) groups excluding carboxylic acids is 2. The van der Waals surface area contributed by atoms with Crippen LogP contribution in [-0.2, 0) is 9.53 Å². The zero-order valence-corrected chi connectivity index (χ0v) is 14.6. The van der Waals surface area contributed by atoms with Gasteiger partial charge in [-0.05, 0) is 36.4 Å². The number of esters is 1. The first-order valence-corrected chi connectivity index (χ1v) is 8.62. The molecule has 0 aliphatic heterocycles. The van der Waals surface area contributed by atoms with Gasteiger partial charge < -0.3 is 10.1 Å². The van der Waals surface area contributed by atoms with Crippen molar-refractivity contribution in [3.63, 3.8) is 0 Å². The number of nitrogens with one attached hydrogen (secondary N) is 1. The van der Waals surface area contributed by atoms with E-state index < -0.39 is 18.5 Å². The minimum Gasteiger partial charge on any atom is -0.451 e. The van der Waals surface area contributed by atoms with E-state index in [1.165, 1.54) is 28.8 Å². The number of aromatic nitrogens is 1. The Labute approximate surface area is 157 Å². The molecule has 1 aromatic heterocycles. The average Bonchev–Trinajstić information content (AvgIpc) is 3.17. The quantitative estimate of drug-likeness (QED) is 0.682. The molecule has 0 atom stereocenters. The number of hydrogen-bond donors (Lipinski definition) is 1. The van der Waals surface area contributed by atoms with Crippen LogP contribution in [0.5, 0.6) is 0 Å². The SMILES string of the molecule is N#Cc1ccccc1NC(=O)COC(=O)c1csc(-c2ccc(F)cc2)n1. The lowest BCUT2D eigenvalue weighted by molar-refractivity contribution is -0.119. The van der Waals surface area contributed by atoms with E-state index >= 15 is 0 Å². The van der Waals surface area contributed by atoms with Crippen molar-refractivity contribution in [1.82, 2.24) is 4.98 Å². The van der Waals surface area contributed by atoms with Crippen molar-refractivity contribution < 1.29 is 18.7 Å². The molecule has 2 aromatic carbocycles. The molecular formula is C19H12FN3O3S. The third kappa shape index (κ3) is 4.54. The van der Waals surface area contributed by atoms with Gasteiger partial charge in [-0.1, -0.05) is 12.1 Å². The number of rotatable bonds is 5. The first-order valence-electron chi connectivity index (χ1n) is 7.74. The molecule has 0 saturated carbocycles. The zero-order chi connectivity index (χ0) is 19.2. The van der Waals surface area contributed by atoms with Gasteiger partial charge in [0.2, 0.25) is 0 Å². The second kappa shape index (κ2) is 8.21. The van der Waals surface area contributed by atoms with Gasteiger partial charge in [-0.2, -0.15) is 5.26 Å². The summed E-state index contributed by atoms with van der Waals surface area (Å²) in [6.45, 7) is -0.512. The Morgan fingerprint density at radius 3 is 2.67 bits per heavy atom. The Morgan fingerprint density at radius 2 is 1.93 bits per heavy atom. The van der Waals surface area contributed by atoms with Gasteiger partial charge in [0, 0.05) is 10.9 Å². The summed E-state index contributed by atoms with van der Waals surface area (Å²) in [4.78, 5) is 28.1. The standard InChI is InChI=1S/C19H12FN3O3S/c20-14-7-5-12(6-8-14)18-23-16(11-27-18)19(25)26-10-17(24)22-15-4-2-1-3-13(15)9-21/h1-8,11H,10H2,(H,22,24). The van der Waals surface area contributed by atoms with Crippen LogP contribution in [0.3, 0.4) is 0 Å². The van der Waals surface area contributed by atoms with Gasteiger partial charge in [0.1, 0.15) is 16.9 Å². The average molecular weight is 381 g/mol. The first-order chi connectivity index (χ1) is 13.1. The number of benzene rings is 2. The molecule has 1 N–H and O–H groups in total. The van der Waals surface area contributed by atoms with Crippen molar-refractivity contribution >= 4 is 28.9 Å². The highest BCUT2D eigenvalue weighted by atomic mass is 32.1. The molecule has 0 spiro atoms. The minimum atomic E-state index is -0.747. The molecule has 27 heavy (non-hydrogen) atoms. The third-order valence-electron chi connectivity index (χ3n) is 3.46. The van der Waals surface area contributed by atoms with Crippen LogP contribution in [0.15, 0.2) is 53.9 Å². The summed E-state index contributed by atoms with van der Waals surface area (Å²) in [5.41, 5.74) is 1.38. The van der Waals surface area contributed by atoms with E-state index in [1.807, 2.05) is 6.07 Å². The number of carbonyl (C=O) groups is 2. The van der Waals surface area contributed by atoms with Crippen LogP contribution in [0.2, 0.25) is 0 Å². The highest BCUT2D eigenvalue weighted by Crippen LogP contribution is 2.24. The first kappa shape index (κ1) is 18.2. The van der Waals surface area contributed by atoms with Crippen LogP contribution >= 0.6 is 11.3 Å². The summed E-state index contributed by atoms with van der Waals surface area (Å²) >= 11 is 1.21. The van der Waals surface area contributed by atoms with E-state index in [2.05, 4.69) is 10.3 Å². The summed E-state index contributed by atoms with van der Waals surface area (Å²) in [6.07, 6.45) is 0. The molecule has 6 nitrogen and oxygen atoms in total. The van der Waals surface area contributed by atoms with Crippen molar-refractivity contribution in [3.05, 3.63) is 71.0 Å². The van der Waals surface area contributed by atoms with Crippen LogP contribution in [0.25, 0.3) is 10.6 Å². The molecule has 0 bridgehead atoms. The van der Waals surface area contributed by atoms with Gasteiger partial charge in [0.25, 0.3) is 5.91 Å². The van der Waals surface area contributed by atoms with Crippen LogP contribution in [0, 0.1) is 17.1 Å². The molecule has 3 aromatic rings. The van der Waals surface area contributed by atoms with Crippen LogP contribution in [-0.4, -0.2) is 23.5 Å². The Kier molecular flexibility index (Phi) is 5.54. The van der Waals surface area contributed by atoms with Crippen molar-refractivity contribution in [2.45, 2.75) is 0 Å². The number of thiazole rings is 1. The highest BCUT2D eigenvalue weighted by molar-refractivity contribution is 7.13. The molecule has 0 aliphatic carbocycles. The fourth-order valence-corrected chi connectivity index (χ4v) is 2.97. The maximum atomic E-state index is 13.0. The van der Waals surface area contributed by atoms with Crippen LogP contribution in [0.1, 0.15) is 16.1 Å². The minimum absolute atomic E-state index is 0.0598. The summed E-state index contributed by atoms with van der Waals surface area (Å²) in [7, 11) is 0. The van der Waals surface area contributed by atoms with E-state index in [4.69, 9.17) is 10.00 Å². The number of para-hydroxylation sites is 1. The number of nitrogens with zero attached hydrogens (tertiary/aromatic N) is 2. The number of amides is 1. The van der Waals surface area contributed by atoms with Gasteiger partial charge in [0.05, 0.1) is 11.3 Å². The fourth-order valence-electron chi connectivity index (χ4n) is 2.17. The predicted octanol–water partition coefficient (Wildman–Crippen LogP) is 3.62. The van der Waals surface area contributed by atoms with Crippen molar-refractivity contribution in [2.75, 3.05) is 11.9 Å². The van der Waals surface area contributed by atoms with E-state index in [9.17, 15) is 14.0 Å². The molecule has 0 saturated heterocycles. The Bertz CT molecular complexity index is 1030. The van der Waals surface area contributed by atoms with Crippen molar-refractivity contribution in [1.29, 1.82) is 5.26 Å². The van der Waals surface area contributed by atoms with Gasteiger partial charge >= 0.3 is 5.97 Å². The Balaban J connectivity index is 1.59. The molecule has 134 valence electrons. The second-order valence-electron chi connectivity index (χ2n) is 5.33. The summed E-state index contributed by atoms with van der Waals surface area (Å²) < 4.78 is 17.9. The third-order valence-corrected chi connectivity index (χ3v) is 4.35. The normalized spacial score (nSPS) is 10.1. The van der Waals surface area contributed by atoms with Gasteiger partial charge in [0.15, 0.2) is 12.3 Å². The van der Waals surface area contributed by atoms with Crippen molar-refractivity contribution in [3.8, 4) is 16.6 Å². The van der Waals surface area contributed by atoms with Crippen LogP contribution < -0.4 is 5.32 Å². The number of anilines is 1. The largest absolute Gasteiger partial charge is 0.451 e. The lowest BCUT2D eigenvalue weighted by Crippen LogP contribution is -2.21. The Morgan fingerprint density at radius 1 is 1.19 bits per heavy atom.